The van der Waals surface area contributed by atoms with E-state index in [0.29, 0.717) is 18.6 Å². The van der Waals surface area contributed by atoms with Crippen LogP contribution in [0.4, 0.5) is 0 Å². The average Bonchev–Trinajstić information content (AvgIpc) is 2.24. The second-order valence-corrected chi connectivity index (χ2v) is 2.64. The van der Waals surface area contributed by atoms with Crippen LogP contribution in [0, 0.1) is 0 Å². The highest BCUT2D eigenvalue weighted by molar-refractivity contribution is 5.77. The van der Waals surface area contributed by atoms with Crippen LogP contribution in [-0.2, 0) is 14.3 Å². The number of ketones is 1. The summed E-state index contributed by atoms with van der Waals surface area (Å²) >= 11 is 0. The van der Waals surface area contributed by atoms with Crippen molar-refractivity contribution in [3.05, 3.63) is 0 Å². The van der Waals surface area contributed by atoms with Gasteiger partial charge in [-0.1, -0.05) is 13.8 Å². The lowest BCUT2D eigenvalue weighted by Crippen LogP contribution is -2.02. The second kappa shape index (κ2) is 15.1. The molecular formula is C11H24O3. The number of ether oxygens (including phenoxy) is 2. The first-order chi connectivity index (χ1) is 6.72. The van der Waals surface area contributed by atoms with E-state index >= 15 is 0 Å². The van der Waals surface area contributed by atoms with E-state index in [9.17, 15) is 4.79 Å². The van der Waals surface area contributed by atoms with Crippen LogP contribution in [0.2, 0.25) is 0 Å². The summed E-state index contributed by atoms with van der Waals surface area (Å²) in [4.78, 5) is 10.2. The van der Waals surface area contributed by atoms with Gasteiger partial charge in [0.25, 0.3) is 0 Å². The lowest BCUT2D eigenvalue weighted by Gasteiger charge is -1.99. The third-order valence-electron chi connectivity index (χ3n) is 1.57. The number of hydrogen-bond donors (Lipinski definition) is 0. The molecule has 0 N–H and O–H groups in total. The highest BCUT2D eigenvalue weighted by Crippen LogP contribution is 1.83. The Labute approximate surface area is 87.8 Å². The molecule has 0 bridgehead atoms. The van der Waals surface area contributed by atoms with Gasteiger partial charge < -0.3 is 9.47 Å². The zero-order chi connectivity index (χ0) is 11.2. The number of Topliss-reactive ketones (excluding diaryl/α,β-unsaturated/α-hetero) is 1. The topological polar surface area (TPSA) is 35.5 Å². The van der Waals surface area contributed by atoms with E-state index in [4.69, 9.17) is 9.47 Å². The fraction of sp³-hybridized carbons (Fsp3) is 0.909. The van der Waals surface area contributed by atoms with Crippen LogP contribution in [0.25, 0.3) is 0 Å². The maximum Gasteiger partial charge on any atom is 0.132 e. The molecule has 0 unspecified atom stereocenters. The highest BCUT2D eigenvalue weighted by Gasteiger charge is 1.86. The van der Waals surface area contributed by atoms with Gasteiger partial charge in [0.15, 0.2) is 0 Å². The van der Waals surface area contributed by atoms with Gasteiger partial charge in [-0.15, -0.1) is 0 Å². The Morgan fingerprint density at radius 3 is 1.36 bits per heavy atom. The Kier molecular flexibility index (Phi) is 17.3. The minimum absolute atomic E-state index is 0.343. The van der Waals surface area contributed by atoms with Crippen LogP contribution in [0.3, 0.4) is 0 Å². The molecule has 0 atom stereocenters. The smallest absolute Gasteiger partial charge is 0.132 e. The highest BCUT2D eigenvalue weighted by atomic mass is 16.5. The third kappa shape index (κ3) is 17.6. The molecule has 0 saturated heterocycles. The van der Waals surface area contributed by atoms with E-state index < -0.39 is 0 Å². The quantitative estimate of drug-likeness (QED) is 0.597. The predicted molar refractivity (Wildman–Crippen MR) is 58.6 cm³/mol. The molecular weight excluding hydrogens is 180 g/mol. The molecule has 86 valence electrons. The fourth-order valence-electron chi connectivity index (χ4n) is 0.657. The van der Waals surface area contributed by atoms with Crippen molar-refractivity contribution in [1.82, 2.24) is 0 Å². The number of rotatable bonds is 7. The van der Waals surface area contributed by atoms with Crippen LogP contribution in [0.1, 0.15) is 40.5 Å². The summed E-state index contributed by atoms with van der Waals surface area (Å²) in [5.41, 5.74) is 0. The van der Waals surface area contributed by atoms with E-state index in [0.717, 1.165) is 26.4 Å². The van der Waals surface area contributed by atoms with Crippen LogP contribution in [0.15, 0.2) is 0 Å². The van der Waals surface area contributed by atoms with Crippen molar-refractivity contribution in [2.24, 2.45) is 0 Å². The lowest BCUT2D eigenvalue weighted by atomic mass is 10.3. The van der Waals surface area contributed by atoms with Crippen LogP contribution in [-0.4, -0.2) is 32.2 Å². The van der Waals surface area contributed by atoms with E-state index in [2.05, 4.69) is 0 Å². The molecule has 0 aromatic rings. The Morgan fingerprint density at radius 1 is 0.857 bits per heavy atom. The Morgan fingerprint density at radius 2 is 1.21 bits per heavy atom. The first-order valence-electron chi connectivity index (χ1n) is 5.39. The largest absolute Gasteiger partial charge is 0.379 e. The summed E-state index contributed by atoms with van der Waals surface area (Å²) in [7, 11) is 0. The summed E-state index contributed by atoms with van der Waals surface area (Å²) in [6, 6.07) is 0. The zero-order valence-corrected chi connectivity index (χ0v) is 9.97. The molecule has 0 aliphatic heterocycles. The van der Waals surface area contributed by atoms with Gasteiger partial charge in [-0.3, -0.25) is 4.79 Å². The van der Waals surface area contributed by atoms with Gasteiger partial charge >= 0.3 is 0 Å². The molecule has 0 aromatic heterocycles. The monoisotopic (exact) mass is 204 g/mol. The van der Waals surface area contributed by atoms with Crippen molar-refractivity contribution < 1.29 is 14.3 Å². The summed E-state index contributed by atoms with van der Waals surface area (Å²) in [5, 5.41) is 0. The summed E-state index contributed by atoms with van der Waals surface area (Å²) in [6.45, 7) is 10.7. The standard InChI is InChI=1S/C6H14O2.C5H10O/c1-3-7-5-6-8-4-2;1-3-5(6)4-2/h3-6H2,1-2H3;3-4H2,1-2H3. The Hall–Kier alpha value is -0.410. The van der Waals surface area contributed by atoms with Gasteiger partial charge in [-0.05, 0) is 13.8 Å². The van der Waals surface area contributed by atoms with Gasteiger partial charge in [0.2, 0.25) is 0 Å². The molecule has 0 radical (unpaired) electrons. The van der Waals surface area contributed by atoms with Crippen LogP contribution in [0.5, 0.6) is 0 Å². The molecule has 0 heterocycles. The van der Waals surface area contributed by atoms with E-state index in [-0.39, 0.29) is 0 Å². The molecule has 0 spiro atoms. The first-order valence-corrected chi connectivity index (χ1v) is 5.39. The summed E-state index contributed by atoms with van der Waals surface area (Å²) in [5.74, 6) is 0.343. The van der Waals surface area contributed by atoms with Gasteiger partial charge in [0.1, 0.15) is 5.78 Å². The normalized spacial score (nSPS) is 9.14. The zero-order valence-electron chi connectivity index (χ0n) is 9.97. The minimum Gasteiger partial charge on any atom is -0.379 e. The van der Waals surface area contributed by atoms with Crippen molar-refractivity contribution in [3.63, 3.8) is 0 Å². The number of carbonyl (C=O) groups excluding carboxylic acids is 1. The molecule has 0 amide bonds. The summed E-state index contributed by atoms with van der Waals surface area (Å²) in [6.07, 6.45) is 1.38. The molecule has 0 saturated carbocycles. The van der Waals surface area contributed by atoms with Crippen LogP contribution >= 0.6 is 0 Å². The maximum absolute atomic E-state index is 10.2. The summed E-state index contributed by atoms with van der Waals surface area (Å²) < 4.78 is 10.0. The Bertz CT molecular complexity index is 101. The van der Waals surface area contributed by atoms with Gasteiger partial charge in [-0.25, -0.2) is 0 Å². The molecule has 3 nitrogen and oxygen atoms in total. The van der Waals surface area contributed by atoms with Crippen LogP contribution < -0.4 is 0 Å². The second-order valence-electron chi connectivity index (χ2n) is 2.64. The third-order valence-corrected chi connectivity index (χ3v) is 1.57. The molecule has 0 aromatic carbocycles. The van der Waals surface area contributed by atoms with Crippen molar-refractivity contribution in [2.45, 2.75) is 40.5 Å². The average molecular weight is 204 g/mol. The molecule has 0 aliphatic carbocycles. The lowest BCUT2D eigenvalue weighted by molar-refractivity contribution is -0.118. The molecule has 3 heteroatoms. The van der Waals surface area contributed by atoms with Crippen molar-refractivity contribution in [1.29, 1.82) is 0 Å². The molecule has 0 fully saturated rings. The van der Waals surface area contributed by atoms with Gasteiger partial charge in [0, 0.05) is 26.1 Å². The number of carbonyl (C=O) groups is 1. The maximum atomic E-state index is 10.2. The van der Waals surface area contributed by atoms with Gasteiger partial charge in [0.05, 0.1) is 13.2 Å². The van der Waals surface area contributed by atoms with E-state index in [1.807, 2.05) is 27.7 Å². The van der Waals surface area contributed by atoms with E-state index in [1.54, 1.807) is 0 Å². The molecule has 14 heavy (non-hydrogen) atoms. The van der Waals surface area contributed by atoms with Crippen molar-refractivity contribution in [2.75, 3.05) is 26.4 Å². The predicted octanol–water partition coefficient (Wildman–Crippen LogP) is 2.43. The Balaban J connectivity index is 0. The number of hydrogen-bond acceptors (Lipinski definition) is 3. The van der Waals surface area contributed by atoms with Gasteiger partial charge in [-0.2, -0.15) is 0 Å². The van der Waals surface area contributed by atoms with Crippen molar-refractivity contribution >= 4 is 5.78 Å². The SMILES string of the molecule is CCC(=O)CC.CCOCCOCC. The first kappa shape index (κ1) is 16.0. The van der Waals surface area contributed by atoms with E-state index in [1.165, 1.54) is 0 Å². The molecule has 0 aliphatic rings. The van der Waals surface area contributed by atoms with Crippen molar-refractivity contribution in [3.8, 4) is 0 Å². The minimum atomic E-state index is 0.343. The fourth-order valence-corrected chi connectivity index (χ4v) is 0.657. The molecule has 0 rings (SSSR count).